The molecule has 0 saturated carbocycles. The third-order valence-electron chi connectivity index (χ3n) is 1.57. The summed E-state index contributed by atoms with van der Waals surface area (Å²) in [6.07, 6.45) is 4.69. The Morgan fingerprint density at radius 1 is 1.45 bits per heavy atom. The minimum absolute atomic E-state index is 0.213. The molecule has 0 bridgehead atoms. The third kappa shape index (κ3) is 2.19. The molecule has 62 valence electrons. The molecule has 1 unspecified atom stereocenters. The predicted molar refractivity (Wildman–Crippen MR) is 47.6 cm³/mol. The second kappa shape index (κ2) is 3.72. The maximum absolute atomic E-state index is 5.08. The minimum atomic E-state index is 0.213. The molecule has 0 spiro atoms. The van der Waals surface area contributed by atoms with E-state index in [4.69, 9.17) is 9.47 Å². The van der Waals surface area contributed by atoms with E-state index in [1.54, 1.807) is 14.2 Å². The molecule has 0 heterocycles. The van der Waals surface area contributed by atoms with Crippen LogP contribution in [-0.2, 0) is 9.47 Å². The molecule has 0 amide bonds. The molecule has 1 aliphatic rings. The number of hydrogen-bond acceptors (Lipinski definition) is 3. The van der Waals surface area contributed by atoms with Crippen molar-refractivity contribution < 1.29 is 9.47 Å². The van der Waals surface area contributed by atoms with Gasteiger partial charge in [-0.1, -0.05) is 0 Å². The zero-order valence-electron chi connectivity index (χ0n) is 6.70. The molecule has 2 nitrogen and oxygen atoms in total. The van der Waals surface area contributed by atoms with Crippen LogP contribution in [0.15, 0.2) is 23.7 Å². The smallest absolute Gasteiger partial charge is 0.119 e. The number of allylic oxidation sites excluding steroid dienone is 2. The molecule has 0 aromatic carbocycles. The molecule has 0 saturated heterocycles. The Hall–Kier alpha value is -0.570. The lowest BCUT2D eigenvalue weighted by atomic mass is 10.1. The summed E-state index contributed by atoms with van der Waals surface area (Å²) >= 11 is 4.31. The predicted octanol–water partition coefficient (Wildman–Crippen LogP) is 1.75. The van der Waals surface area contributed by atoms with Gasteiger partial charge < -0.3 is 9.47 Å². The quantitative estimate of drug-likeness (QED) is 0.640. The minimum Gasteiger partial charge on any atom is -0.501 e. The highest BCUT2D eigenvalue weighted by molar-refractivity contribution is 7.81. The van der Waals surface area contributed by atoms with Gasteiger partial charge in [0.2, 0.25) is 0 Å². The van der Waals surface area contributed by atoms with Crippen molar-refractivity contribution in [3.05, 3.63) is 23.7 Å². The molecule has 3 heteroatoms. The third-order valence-corrected chi connectivity index (χ3v) is 1.90. The molecule has 0 aromatic heterocycles. The van der Waals surface area contributed by atoms with Crippen molar-refractivity contribution in [3.8, 4) is 0 Å². The number of thiol groups is 1. The summed E-state index contributed by atoms with van der Waals surface area (Å²) < 4.78 is 10.1. The van der Waals surface area contributed by atoms with E-state index >= 15 is 0 Å². The lowest BCUT2D eigenvalue weighted by Gasteiger charge is -2.15. The van der Waals surface area contributed by atoms with Gasteiger partial charge in [0.25, 0.3) is 0 Å². The van der Waals surface area contributed by atoms with E-state index in [9.17, 15) is 0 Å². The fourth-order valence-corrected chi connectivity index (χ4v) is 1.32. The average Bonchev–Trinajstić information content (AvgIpc) is 2.03. The zero-order chi connectivity index (χ0) is 8.27. The Morgan fingerprint density at radius 3 is 2.73 bits per heavy atom. The van der Waals surface area contributed by atoms with E-state index in [-0.39, 0.29) is 5.25 Å². The largest absolute Gasteiger partial charge is 0.501 e. The van der Waals surface area contributed by atoms with Gasteiger partial charge >= 0.3 is 0 Å². The number of hydrogen-bond donors (Lipinski definition) is 1. The van der Waals surface area contributed by atoms with Crippen LogP contribution in [0.1, 0.15) is 6.42 Å². The summed E-state index contributed by atoms with van der Waals surface area (Å²) in [4.78, 5) is 0. The van der Waals surface area contributed by atoms with Gasteiger partial charge in [0.15, 0.2) is 0 Å². The second-order valence-corrected chi connectivity index (χ2v) is 3.02. The van der Waals surface area contributed by atoms with Gasteiger partial charge in [0, 0.05) is 17.7 Å². The highest BCUT2D eigenvalue weighted by Crippen LogP contribution is 2.21. The van der Waals surface area contributed by atoms with Crippen LogP contribution in [0.5, 0.6) is 0 Å². The van der Waals surface area contributed by atoms with E-state index in [0.717, 1.165) is 17.9 Å². The molecule has 0 aliphatic heterocycles. The van der Waals surface area contributed by atoms with E-state index < -0.39 is 0 Å². The van der Waals surface area contributed by atoms with Crippen LogP contribution < -0.4 is 0 Å². The standard InChI is InChI=1S/C8H12O2S/c1-9-6-3-7(10-2)5-8(11)4-6/h3-4,8,11H,5H2,1-2H3. The van der Waals surface area contributed by atoms with Gasteiger partial charge in [0.1, 0.15) is 11.5 Å². The lowest BCUT2D eigenvalue weighted by Crippen LogP contribution is -2.06. The van der Waals surface area contributed by atoms with Crippen molar-refractivity contribution in [2.75, 3.05) is 14.2 Å². The molecule has 1 aliphatic carbocycles. The first-order chi connectivity index (χ1) is 5.26. The summed E-state index contributed by atoms with van der Waals surface area (Å²) in [5.41, 5.74) is 0. The Kier molecular flexibility index (Phi) is 2.88. The first-order valence-corrected chi connectivity index (χ1v) is 3.96. The van der Waals surface area contributed by atoms with Gasteiger partial charge in [-0.3, -0.25) is 0 Å². The van der Waals surface area contributed by atoms with Gasteiger partial charge in [-0.25, -0.2) is 0 Å². The number of ether oxygens (including phenoxy) is 2. The molecular weight excluding hydrogens is 160 g/mol. The number of rotatable bonds is 2. The topological polar surface area (TPSA) is 18.5 Å². The molecule has 1 rings (SSSR count). The van der Waals surface area contributed by atoms with Crippen LogP contribution in [0.4, 0.5) is 0 Å². The highest BCUT2D eigenvalue weighted by Gasteiger charge is 2.12. The summed E-state index contributed by atoms with van der Waals surface area (Å²) in [5, 5.41) is 0.213. The Balaban J connectivity index is 2.71. The van der Waals surface area contributed by atoms with Crippen molar-refractivity contribution >= 4 is 12.6 Å². The SMILES string of the molecule is COC1=CC(S)CC(OC)=C1. The normalized spacial score (nSPS) is 23.7. The van der Waals surface area contributed by atoms with E-state index in [2.05, 4.69) is 12.6 Å². The van der Waals surface area contributed by atoms with Crippen LogP contribution in [0.2, 0.25) is 0 Å². The molecular formula is C8H12O2S. The van der Waals surface area contributed by atoms with Crippen LogP contribution in [0.25, 0.3) is 0 Å². The summed E-state index contributed by atoms with van der Waals surface area (Å²) in [5.74, 6) is 1.75. The van der Waals surface area contributed by atoms with Gasteiger partial charge in [-0.15, -0.1) is 0 Å². The summed E-state index contributed by atoms with van der Waals surface area (Å²) in [6, 6.07) is 0. The summed E-state index contributed by atoms with van der Waals surface area (Å²) in [6.45, 7) is 0. The molecule has 0 radical (unpaired) electrons. The van der Waals surface area contributed by atoms with Gasteiger partial charge in [-0.2, -0.15) is 12.6 Å². The molecule has 11 heavy (non-hydrogen) atoms. The Bertz CT molecular complexity index is 196. The summed E-state index contributed by atoms with van der Waals surface area (Å²) in [7, 11) is 3.30. The van der Waals surface area contributed by atoms with Crippen LogP contribution in [0, 0.1) is 0 Å². The van der Waals surface area contributed by atoms with Crippen LogP contribution >= 0.6 is 12.6 Å². The van der Waals surface area contributed by atoms with Crippen molar-refractivity contribution in [2.45, 2.75) is 11.7 Å². The van der Waals surface area contributed by atoms with Gasteiger partial charge in [0.05, 0.1) is 14.2 Å². The van der Waals surface area contributed by atoms with Gasteiger partial charge in [-0.05, 0) is 6.08 Å². The van der Waals surface area contributed by atoms with E-state index in [1.165, 1.54) is 0 Å². The Morgan fingerprint density at radius 2 is 2.18 bits per heavy atom. The zero-order valence-corrected chi connectivity index (χ0v) is 7.60. The second-order valence-electron chi connectivity index (χ2n) is 2.36. The van der Waals surface area contributed by atoms with Crippen molar-refractivity contribution in [1.82, 2.24) is 0 Å². The molecule has 0 fully saturated rings. The molecule has 0 aromatic rings. The number of methoxy groups -OCH3 is 2. The molecule has 0 N–H and O–H groups in total. The first-order valence-electron chi connectivity index (χ1n) is 3.44. The van der Waals surface area contributed by atoms with Crippen LogP contribution in [-0.4, -0.2) is 19.5 Å². The fraction of sp³-hybridized carbons (Fsp3) is 0.500. The monoisotopic (exact) mass is 172 g/mol. The van der Waals surface area contributed by atoms with E-state index in [0.29, 0.717) is 0 Å². The van der Waals surface area contributed by atoms with Crippen molar-refractivity contribution in [2.24, 2.45) is 0 Å². The maximum atomic E-state index is 5.08. The lowest BCUT2D eigenvalue weighted by molar-refractivity contribution is 0.259. The van der Waals surface area contributed by atoms with E-state index in [1.807, 2.05) is 12.2 Å². The fourth-order valence-electron chi connectivity index (χ4n) is 0.990. The first kappa shape index (κ1) is 8.53. The Labute approximate surface area is 72.3 Å². The van der Waals surface area contributed by atoms with Crippen molar-refractivity contribution in [1.29, 1.82) is 0 Å². The maximum Gasteiger partial charge on any atom is 0.119 e. The van der Waals surface area contributed by atoms with Crippen LogP contribution in [0.3, 0.4) is 0 Å². The average molecular weight is 172 g/mol. The highest BCUT2D eigenvalue weighted by atomic mass is 32.1. The molecule has 1 atom stereocenters. The van der Waals surface area contributed by atoms with Crippen molar-refractivity contribution in [3.63, 3.8) is 0 Å².